The molecule has 1 aliphatic heterocycles. The molecule has 3 rings (SSSR count). The molecule has 0 saturated carbocycles. The zero-order valence-electron chi connectivity index (χ0n) is 19.3. The lowest BCUT2D eigenvalue weighted by Crippen LogP contribution is -2.44. The molecule has 0 aliphatic carbocycles. The van der Waals surface area contributed by atoms with E-state index in [1.165, 1.54) is 10.4 Å². The molecular formula is C24H29Cl2N3O4S. The lowest BCUT2D eigenvalue weighted by molar-refractivity contribution is -0.120. The molecule has 1 saturated heterocycles. The Bertz CT molecular complexity index is 1150. The minimum Gasteiger partial charge on any atom is -0.339 e. The Labute approximate surface area is 211 Å². The van der Waals surface area contributed by atoms with Gasteiger partial charge in [-0.2, -0.15) is 0 Å². The highest BCUT2D eigenvalue weighted by molar-refractivity contribution is 7.88. The van der Waals surface area contributed by atoms with E-state index in [1.54, 1.807) is 41.3 Å². The van der Waals surface area contributed by atoms with Crippen LogP contribution in [-0.4, -0.2) is 55.6 Å². The van der Waals surface area contributed by atoms with Crippen LogP contribution in [0.4, 0.5) is 5.69 Å². The summed E-state index contributed by atoms with van der Waals surface area (Å²) >= 11 is 12.1. The fourth-order valence-corrected chi connectivity index (χ4v) is 6.23. The van der Waals surface area contributed by atoms with Crippen LogP contribution in [0.25, 0.3) is 0 Å². The largest absolute Gasteiger partial charge is 0.339 e. The zero-order valence-corrected chi connectivity index (χ0v) is 21.6. The molecule has 10 heteroatoms. The molecule has 0 unspecified atom stereocenters. The number of amides is 2. The molecule has 0 spiro atoms. The van der Waals surface area contributed by atoms with Gasteiger partial charge < -0.3 is 10.2 Å². The summed E-state index contributed by atoms with van der Waals surface area (Å²) in [5.74, 6) is -1.25. The van der Waals surface area contributed by atoms with Gasteiger partial charge in [0.15, 0.2) is 0 Å². The van der Waals surface area contributed by atoms with Crippen LogP contribution in [0.15, 0.2) is 42.5 Å². The van der Waals surface area contributed by atoms with Gasteiger partial charge in [0.1, 0.15) is 0 Å². The molecular weight excluding hydrogens is 497 g/mol. The summed E-state index contributed by atoms with van der Waals surface area (Å²) in [6.45, 7) is 5.34. The monoisotopic (exact) mass is 525 g/mol. The number of sulfonamides is 1. The fraction of sp³-hybridized carbons (Fsp3) is 0.417. The second kappa shape index (κ2) is 11.5. The highest BCUT2D eigenvalue weighted by Gasteiger charge is 2.33. The summed E-state index contributed by atoms with van der Waals surface area (Å²) in [6, 6.07) is 11.6. The molecule has 0 aromatic heterocycles. The third-order valence-corrected chi connectivity index (χ3v) is 8.35. The van der Waals surface area contributed by atoms with E-state index in [2.05, 4.69) is 5.32 Å². The first-order valence-electron chi connectivity index (χ1n) is 11.3. The molecule has 0 bridgehead atoms. The molecule has 2 aromatic carbocycles. The average Bonchev–Trinajstić information content (AvgIpc) is 2.82. The van der Waals surface area contributed by atoms with Gasteiger partial charge >= 0.3 is 0 Å². The number of hydrogen-bond donors (Lipinski definition) is 1. The number of benzene rings is 2. The van der Waals surface area contributed by atoms with Crippen molar-refractivity contribution >= 4 is 50.7 Å². The van der Waals surface area contributed by atoms with Crippen molar-refractivity contribution in [1.82, 2.24) is 9.21 Å². The Morgan fingerprint density at radius 1 is 1.12 bits per heavy atom. The van der Waals surface area contributed by atoms with Crippen molar-refractivity contribution in [2.24, 2.45) is 5.92 Å². The number of hydrogen-bond acceptors (Lipinski definition) is 4. The summed E-state index contributed by atoms with van der Waals surface area (Å²) in [7, 11) is -3.69. The van der Waals surface area contributed by atoms with Crippen LogP contribution >= 0.6 is 23.2 Å². The van der Waals surface area contributed by atoms with Gasteiger partial charge in [-0.25, -0.2) is 12.7 Å². The fourth-order valence-electron chi connectivity index (χ4n) is 4.03. The number of halogens is 2. The first-order valence-corrected chi connectivity index (χ1v) is 13.6. The van der Waals surface area contributed by atoms with E-state index in [9.17, 15) is 18.0 Å². The number of nitrogens with one attached hydrogen (secondary N) is 1. The smallest absolute Gasteiger partial charge is 0.255 e. The molecule has 1 heterocycles. The molecule has 0 radical (unpaired) electrons. The Balaban J connectivity index is 1.72. The summed E-state index contributed by atoms with van der Waals surface area (Å²) < 4.78 is 27.5. The van der Waals surface area contributed by atoms with Crippen LogP contribution in [0.1, 0.15) is 42.6 Å². The van der Waals surface area contributed by atoms with Crippen LogP contribution in [0.3, 0.4) is 0 Å². The van der Waals surface area contributed by atoms with Crippen molar-refractivity contribution in [3.05, 3.63) is 63.6 Å². The van der Waals surface area contributed by atoms with Gasteiger partial charge in [0.05, 0.1) is 22.9 Å². The van der Waals surface area contributed by atoms with E-state index >= 15 is 0 Å². The molecule has 1 atom stereocenters. The number of piperidine rings is 1. The molecule has 2 amide bonds. The highest BCUT2D eigenvalue weighted by Crippen LogP contribution is 2.27. The Morgan fingerprint density at radius 2 is 1.82 bits per heavy atom. The molecule has 34 heavy (non-hydrogen) atoms. The number of carbonyl (C=O) groups is 2. The number of para-hydroxylation sites is 1. The quantitative estimate of drug-likeness (QED) is 0.543. The minimum absolute atomic E-state index is 0.0749. The van der Waals surface area contributed by atoms with Crippen molar-refractivity contribution in [1.29, 1.82) is 0 Å². The second-order valence-corrected chi connectivity index (χ2v) is 11.0. The van der Waals surface area contributed by atoms with E-state index in [0.717, 1.165) is 0 Å². The minimum atomic E-state index is -3.69. The number of carbonyl (C=O) groups excluding carboxylic acids is 2. The van der Waals surface area contributed by atoms with Crippen molar-refractivity contribution < 1.29 is 18.0 Å². The van der Waals surface area contributed by atoms with Crippen molar-refractivity contribution in [2.45, 2.75) is 32.4 Å². The highest BCUT2D eigenvalue weighted by atomic mass is 35.5. The maximum atomic E-state index is 13.1. The maximum absolute atomic E-state index is 13.1. The van der Waals surface area contributed by atoms with Crippen molar-refractivity contribution in [3.8, 4) is 0 Å². The lowest BCUT2D eigenvalue weighted by Gasteiger charge is -2.31. The lowest BCUT2D eigenvalue weighted by atomic mass is 9.98. The van der Waals surface area contributed by atoms with E-state index in [4.69, 9.17) is 23.2 Å². The standard InChI is InChI=1S/C24H29Cl2N3O4S/c1-3-28(4-2)24(31)20-9-5-6-10-22(20)27-23(30)17-8-7-13-29(15-17)34(32,33)16-18-11-12-19(25)14-21(18)26/h5-6,9-12,14,17H,3-4,7-8,13,15-16H2,1-2H3,(H,27,30)/t17-/m1/s1. The molecule has 1 fully saturated rings. The molecule has 7 nitrogen and oxygen atoms in total. The van der Waals surface area contributed by atoms with Gasteiger partial charge in [-0.05, 0) is 56.5 Å². The van der Waals surface area contributed by atoms with Crippen LogP contribution in [0.2, 0.25) is 10.0 Å². The van der Waals surface area contributed by atoms with Crippen LogP contribution in [0, 0.1) is 5.92 Å². The second-order valence-electron chi connectivity index (χ2n) is 8.20. The van der Waals surface area contributed by atoms with Crippen molar-refractivity contribution in [3.63, 3.8) is 0 Å². The topological polar surface area (TPSA) is 86.8 Å². The summed E-state index contributed by atoms with van der Waals surface area (Å²) in [4.78, 5) is 27.6. The van der Waals surface area contributed by atoms with Crippen LogP contribution in [0.5, 0.6) is 0 Å². The maximum Gasteiger partial charge on any atom is 0.255 e. The van der Waals surface area contributed by atoms with Gasteiger partial charge in [-0.15, -0.1) is 0 Å². The number of rotatable bonds is 8. The summed E-state index contributed by atoms with van der Waals surface area (Å²) in [6.07, 6.45) is 1.12. The first kappa shape index (κ1) is 26.5. The zero-order chi connectivity index (χ0) is 24.9. The van der Waals surface area contributed by atoms with Crippen LogP contribution < -0.4 is 5.32 Å². The van der Waals surface area contributed by atoms with Gasteiger partial charge in [0.25, 0.3) is 5.91 Å². The number of nitrogens with zero attached hydrogens (tertiary/aromatic N) is 2. The normalized spacial score (nSPS) is 16.8. The third-order valence-electron chi connectivity index (χ3n) is 5.97. The van der Waals surface area contributed by atoms with E-state index in [0.29, 0.717) is 54.3 Å². The van der Waals surface area contributed by atoms with Gasteiger partial charge in [0, 0.05) is 36.2 Å². The first-order chi connectivity index (χ1) is 16.2. The molecule has 184 valence electrons. The Morgan fingerprint density at radius 3 is 2.50 bits per heavy atom. The van der Waals surface area contributed by atoms with E-state index in [-0.39, 0.29) is 29.1 Å². The Kier molecular flexibility index (Phi) is 8.98. The van der Waals surface area contributed by atoms with E-state index in [1.807, 2.05) is 13.8 Å². The molecule has 2 aromatic rings. The van der Waals surface area contributed by atoms with Gasteiger partial charge in [0.2, 0.25) is 15.9 Å². The predicted octanol–water partition coefficient (Wildman–Crippen LogP) is 4.66. The van der Waals surface area contributed by atoms with E-state index < -0.39 is 15.9 Å². The average molecular weight is 526 g/mol. The van der Waals surface area contributed by atoms with Crippen molar-refractivity contribution in [2.75, 3.05) is 31.5 Å². The van der Waals surface area contributed by atoms with Crippen LogP contribution in [-0.2, 0) is 20.6 Å². The summed E-state index contributed by atoms with van der Waals surface area (Å²) in [5, 5.41) is 3.58. The predicted molar refractivity (Wildman–Crippen MR) is 136 cm³/mol. The van der Waals surface area contributed by atoms with Gasteiger partial charge in [-0.1, -0.05) is 41.4 Å². The Hall–Kier alpha value is -2.13. The molecule has 1 N–H and O–H groups in total. The van der Waals surface area contributed by atoms with Gasteiger partial charge in [-0.3, -0.25) is 9.59 Å². The third kappa shape index (κ3) is 6.30. The summed E-state index contributed by atoms with van der Waals surface area (Å²) in [5.41, 5.74) is 1.30. The number of anilines is 1. The SMILES string of the molecule is CCN(CC)C(=O)c1ccccc1NC(=O)[C@@H]1CCCN(S(=O)(=O)Cc2ccc(Cl)cc2Cl)C1. The molecule has 1 aliphatic rings.